The van der Waals surface area contributed by atoms with Gasteiger partial charge >= 0.3 is 0 Å². The first kappa shape index (κ1) is 20.3. The van der Waals surface area contributed by atoms with Crippen LogP contribution in [0, 0.1) is 12.7 Å². The van der Waals surface area contributed by atoms with Crippen LogP contribution in [0.2, 0.25) is 0 Å². The van der Waals surface area contributed by atoms with Crippen LogP contribution in [0.5, 0.6) is 0 Å². The van der Waals surface area contributed by atoms with Crippen LogP contribution in [-0.2, 0) is 25.8 Å². The lowest BCUT2D eigenvalue weighted by Gasteiger charge is -2.13. The third-order valence-electron chi connectivity index (χ3n) is 5.27. The minimum atomic E-state index is -0.184. The number of hydrogen-bond acceptors (Lipinski definition) is 3. The minimum absolute atomic E-state index is 0.184. The average molecular weight is 387 g/mol. The van der Waals surface area contributed by atoms with Crippen molar-refractivity contribution in [2.75, 3.05) is 20.1 Å². The van der Waals surface area contributed by atoms with Crippen molar-refractivity contribution in [3.63, 3.8) is 0 Å². The summed E-state index contributed by atoms with van der Waals surface area (Å²) >= 11 is 0. The van der Waals surface area contributed by atoms with Gasteiger partial charge in [0.15, 0.2) is 5.96 Å². The van der Waals surface area contributed by atoms with Crippen molar-refractivity contribution < 1.29 is 4.39 Å². The zero-order valence-electron chi connectivity index (χ0n) is 17.0. The zero-order valence-corrected chi connectivity index (χ0v) is 17.0. The van der Waals surface area contributed by atoms with Crippen LogP contribution >= 0.6 is 0 Å². The van der Waals surface area contributed by atoms with Crippen molar-refractivity contribution in [3.8, 4) is 0 Å². The first-order valence-electron chi connectivity index (χ1n) is 10.3. The van der Waals surface area contributed by atoms with Crippen LogP contribution in [0.1, 0.15) is 48.5 Å². The average Bonchev–Trinajstić information content (AvgIpc) is 2.91. The Morgan fingerprint density at radius 2 is 2.00 bits per heavy atom. The Kier molecular flexibility index (Phi) is 7.39. The summed E-state index contributed by atoms with van der Waals surface area (Å²) in [5, 5.41) is 15.4. The van der Waals surface area contributed by atoms with E-state index in [1.165, 1.54) is 25.3 Å². The number of aliphatic imine (C=N–C) groups is 1. The topological polar surface area (TPSA) is 67.1 Å². The number of aryl methyl sites for hydroxylation is 3. The Morgan fingerprint density at radius 1 is 1.14 bits per heavy atom. The molecule has 0 fully saturated rings. The fourth-order valence-corrected chi connectivity index (χ4v) is 3.66. The van der Waals surface area contributed by atoms with Gasteiger partial charge in [0, 0.05) is 39.5 Å². The van der Waals surface area contributed by atoms with Gasteiger partial charge in [-0.25, -0.2) is 4.39 Å². The van der Waals surface area contributed by atoms with Gasteiger partial charge in [0.05, 0.1) is 0 Å². The van der Waals surface area contributed by atoms with E-state index in [-0.39, 0.29) is 5.82 Å². The Balaban J connectivity index is 1.38. The summed E-state index contributed by atoms with van der Waals surface area (Å²) in [5.41, 5.74) is 2.13. The first-order valence-corrected chi connectivity index (χ1v) is 10.3. The molecule has 0 atom stereocenters. The van der Waals surface area contributed by atoms with Crippen molar-refractivity contribution in [3.05, 3.63) is 46.8 Å². The molecular weight excluding hydrogens is 355 g/mol. The molecule has 1 aromatic carbocycles. The monoisotopic (exact) mass is 386 g/mol. The van der Waals surface area contributed by atoms with Crippen molar-refractivity contribution in [2.24, 2.45) is 4.99 Å². The molecule has 3 rings (SSSR count). The Morgan fingerprint density at radius 3 is 2.82 bits per heavy atom. The number of nitrogens with one attached hydrogen (secondary N) is 2. The largest absolute Gasteiger partial charge is 0.356 e. The fraction of sp³-hybridized carbons (Fsp3) is 0.571. The second kappa shape index (κ2) is 10.2. The molecular formula is C21H31FN6. The maximum Gasteiger partial charge on any atom is 0.190 e. The predicted molar refractivity (Wildman–Crippen MR) is 110 cm³/mol. The molecule has 2 aromatic rings. The summed E-state index contributed by atoms with van der Waals surface area (Å²) in [4.78, 5) is 4.27. The number of benzene rings is 1. The van der Waals surface area contributed by atoms with Crippen LogP contribution in [0.4, 0.5) is 4.39 Å². The van der Waals surface area contributed by atoms with E-state index in [1.54, 1.807) is 13.1 Å². The van der Waals surface area contributed by atoms with Crippen LogP contribution in [0.15, 0.2) is 23.2 Å². The summed E-state index contributed by atoms with van der Waals surface area (Å²) in [6.07, 6.45) is 7.51. The van der Waals surface area contributed by atoms with Gasteiger partial charge in [0.2, 0.25) is 0 Å². The number of rotatable bonds is 7. The van der Waals surface area contributed by atoms with Crippen LogP contribution in [-0.4, -0.2) is 40.9 Å². The van der Waals surface area contributed by atoms with Gasteiger partial charge in [-0.3, -0.25) is 4.99 Å². The van der Waals surface area contributed by atoms with Crippen LogP contribution in [0.25, 0.3) is 0 Å². The molecule has 152 valence electrons. The molecule has 2 heterocycles. The third-order valence-corrected chi connectivity index (χ3v) is 5.27. The molecule has 0 unspecified atom stereocenters. The summed E-state index contributed by atoms with van der Waals surface area (Å²) in [6, 6.07) is 4.94. The maximum atomic E-state index is 13.2. The Labute approximate surface area is 166 Å². The minimum Gasteiger partial charge on any atom is -0.356 e. The van der Waals surface area contributed by atoms with Gasteiger partial charge in [0.25, 0.3) is 0 Å². The van der Waals surface area contributed by atoms with E-state index in [4.69, 9.17) is 0 Å². The number of halogens is 1. The summed E-state index contributed by atoms with van der Waals surface area (Å²) < 4.78 is 15.5. The second-order valence-corrected chi connectivity index (χ2v) is 7.34. The van der Waals surface area contributed by atoms with E-state index in [0.29, 0.717) is 0 Å². The van der Waals surface area contributed by atoms with Gasteiger partial charge in [-0.2, -0.15) is 0 Å². The molecule has 0 saturated heterocycles. The van der Waals surface area contributed by atoms with Crippen LogP contribution < -0.4 is 10.6 Å². The van der Waals surface area contributed by atoms with E-state index in [0.717, 1.165) is 74.1 Å². The number of fused-ring (bicyclic) bond motifs is 1. The van der Waals surface area contributed by atoms with Gasteiger partial charge in [-0.1, -0.05) is 12.5 Å². The maximum absolute atomic E-state index is 13.2. The third kappa shape index (κ3) is 5.53. The van der Waals surface area contributed by atoms with E-state index in [2.05, 4.69) is 30.4 Å². The molecule has 1 aromatic heterocycles. The molecule has 0 aliphatic carbocycles. The molecule has 7 heteroatoms. The van der Waals surface area contributed by atoms with Crippen LogP contribution in [0.3, 0.4) is 0 Å². The number of guanidine groups is 1. The highest BCUT2D eigenvalue weighted by Crippen LogP contribution is 2.15. The van der Waals surface area contributed by atoms with Crippen molar-refractivity contribution in [1.82, 2.24) is 25.4 Å². The van der Waals surface area contributed by atoms with Gasteiger partial charge in [0.1, 0.15) is 17.5 Å². The summed E-state index contributed by atoms with van der Waals surface area (Å²) in [5.74, 6) is 2.86. The molecule has 0 spiro atoms. The predicted octanol–water partition coefficient (Wildman–Crippen LogP) is 2.79. The lowest BCUT2D eigenvalue weighted by Crippen LogP contribution is -2.38. The molecule has 0 amide bonds. The second-order valence-electron chi connectivity index (χ2n) is 7.34. The van der Waals surface area contributed by atoms with Gasteiger partial charge < -0.3 is 15.2 Å². The normalized spacial score (nSPS) is 14.5. The number of aromatic nitrogens is 3. The lowest BCUT2D eigenvalue weighted by atomic mass is 10.1. The Hall–Kier alpha value is -2.44. The summed E-state index contributed by atoms with van der Waals surface area (Å²) in [6.45, 7) is 4.58. The molecule has 0 bridgehead atoms. The van der Waals surface area contributed by atoms with E-state index in [1.807, 2.05) is 13.0 Å². The molecule has 28 heavy (non-hydrogen) atoms. The molecule has 0 saturated carbocycles. The van der Waals surface area contributed by atoms with E-state index >= 15 is 0 Å². The van der Waals surface area contributed by atoms with Gasteiger partial charge in [-0.05, 0) is 55.9 Å². The molecule has 1 aliphatic heterocycles. The van der Waals surface area contributed by atoms with E-state index < -0.39 is 0 Å². The lowest BCUT2D eigenvalue weighted by molar-refractivity contribution is 0.594. The number of nitrogens with zero attached hydrogens (tertiary/aromatic N) is 4. The molecule has 2 N–H and O–H groups in total. The van der Waals surface area contributed by atoms with E-state index in [9.17, 15) is 4.39 Å². The van der Waals surface area contributed by atoms with Gasteiger partial charge in [-0.15, -0.1) is 10.2 Å². The first-order chi connectivity index (χ1) is 13.7. The highest BCUT2D eigenvalue weighted by Gasteiger charge is 2.14. The molecule has 1 aliphatic rings. The standard InChI is InChI=1S/C21H31FN6/c1-16-15-18(22)10-9-17(16)11-13-25-21(23-2)24-12-6-8-20-27-26-19-7-4-3-5-14-28(19)20/h9-10,15H,3-8,11-14H2,1-2H3,(H2,23,24,25). The zero-order chi connectivity index (χ0) is 19.8. The smallest absolute Gasteiger partial charge is 0.190 e. The highest BCUT2D eigenvalue weighted by molar-refractivity contribution is 5.79. The SMILES string of the molecule is CN=C(NCCCc1nnc2n1CCCCC2)NCCc1ccc(F)cc1C. The van der Waals surface area contributed by atoms with Crippen molar-refractivity contribution in [2.45, 2.75) is 58.4 Å². The van der Waals surface area contributed by atoms with Crippen molar-refractivity contribution in [1.29, 1.82) is 0 Å². The summed E-state index contributed by atoms with van der Waals surface area (Å²) in [7, 11) is 1.77. The molecule has 0 radical (unpaired) electrons. The highest BCUT2D eigenvalue weighted by atomic mass is 19.1. The Bertz CT molecular complexity index is 798. The fourth-order valence-electron chi connectivity index (χ4n) is 3.66. The quantitative estimate of drug-likeness (QED) is 0.436. The molecule has 6 nitrogen and oxygen atoms in total. The number of hydrogen-bond donors (Lipinski definition) is 2. The van der Waals surface area contributed by atoms with Crippen molar-refractivity contribution >= 4 is 5.96 Å².